The van der Waals surface area contributed by atoms with Crippen molar-refractivity contribution in [1.82, 2.24) is 15.6 Å². The van der Waals surface area contributed by atoms with Crippen molar-refractivity contribution in [2.45, 2.75) is 26.4 Å². The summed E-state index contributed by atoms with van der Waals surface area (Å²) in [6, 6.07) is 9.81. The van der Waals surface area contributed by atoms with E-state index >= 15 is 0 Å². The fourth-order valence-corrected chi connectivity index (χ4v) is 3.05. The normalized spacial score (nSPS) is 13.1. The van der Waals surface area contributed by atoms with Gasteiger partial charge in [0.2, 0.25) is 0 Å². The molecule has 1 atom stereocenters. The molecule has 1 aromatic carbocycles. The lowest BCUT2D eigenvalue weighted by Gasteiger charge is -2.12. The summed E-state index contributed by atoms with van der Waals surface area (Å²) in [5.74, 6) is 1.22. The molecule has 0 spiro atoms. The second-order valence-corrected chi connectivity index (χ2v) is 6.24. The van der Waals surface area contributed by atoms with Gasteiger partial charge in [-0.2, -0.15) is 0 Å². The molecule has 138 valence electrons. The third kappa shape index (κ3) is 4.26. The van der Waals surface area contributed by atoms with E-state index in [1.54, 1.807) is 18.4 Å². The lowest BCUT2D eigenvalue weighted by molar-refractivity contribution is 0.158. The van der Waals surface area contributed by atoms with Gasteiger partial charge in [0.25, 0.3) is 0 Å². The zero-order valence-corrected chi connectivity index (χ0v) is 15.2. The minimum absolute atomic E-state index is 0.245. The number of hydrogen-bond donors (Lipinski definition) is 4. The molecule has 3 aromatic rings. The van der Waals surface area contributed by atoms with Crippen LogP contribution in [0.25, 0.3) is 10.9 Å². The molecule has 26 heavy (non-hydrogen) atoms. The summed E-state index contributed by atoms with van der Waals surface area (Å²) in [6.45, 7) is 5.91. The number of furan rings is 1. The predicted octanol–water partition coefficient (Wildman–Crippen LogP) is 2.90. The summed E-state index contributed by atoms with van der Waals surface area (Å²) >= 11 is 0. The highest BCUT2D eigenvalue weighted by Crippen LogP contribution is 2.22. The standard InChI is InChI=1S/C20H26N4O2/c1-3-21-20(24-13-17(25)18-8-5-11-26-18)22-10-9-15-12-23-16-7-4-6-14(2)19(15)16/h4-8,11-12,17,23,25H,3,9-10,13H2,1-2H3,(H2,21,22,24). The van der Waals surface area contributed by atoms with Crippen molar-refractivity contribution in [2.24, 2.45) is 4.99 Å². The number of aromatic amines is 1. The second-order valence-electron chi connectivity index (χ2n) is 6.24. The quantitative estimate of drug-likeness (QED) is 0.388. The number of aryl methyl sites for hydroxylation is 1. The first kappa shape index (κ1) is 18.1. The molecular formula is C20H26N4O2. The molecule has 0 radical (unpaired) electrons. The lowest BCUT2D eigenvalue weighted by atomic mass is 10.1. The first-order chi connectivity index (χ1) is 12.7. The van der Waals surface area contributed by atoms with Crippen molar-refractivity contribution in [2.75, 3.05) is 19.6 Å². The summed E-state index contributed by atoms with van der Waals surface area (Å²) in [4.78, 5) is 7.78. The van der Waals surface area contributed by atoms with Crippen molar-refractivity contribution in [3.63, 3.8) is 0 Å². The van der Waals surface area contributed by atoms with Gasteiger partial charge in [0.05, 0.1) is 12.8 Å². The number of aliphatic hydroxyl groups is 1. The lowest BCUT2D eigenvalue weighted by Crippen LogP contribution is -2.38. The Morgan fingerprint density at radius 1 is 1.27 bits per heavy atom. The highest BCUT2D eigenvalue weighted by atomic mass is 16.4. The molecule has 0 aliphatic carbocycles. The molecule has 0 aliphatic rings. The number of H-pyrrole nitrogens is 1. The zero-order chi connectivity index (χ0) is 18.4. The number of fused-ring (bicyclic) bond motifs is 1. The van der Waals surface area contributed by atoms with Gasteiger partial charge in [-0.15, -0.1) is 0 Å². The number of nitrogens with one attached hydrogen (secondary N) is 3. The molecule has 6 heteroatoms. The Morgan fingerprint density at radius 3 is 2.92 bits per heavy atom. The maximum absolute atomic E-state index is 10.1. The van der Waals surface area contributed by atoms with Crippen LogP contribution in [0.4, 0.5) is 0 Å². The largest absolute Gasteiger partial charge is 0.467 e. The van der Waals surface area contributed by atoms with E-state index in [1.807, 2.05) is 6.92 Å². The Morgan fingerprint density at radius 2 is 2.15 bits per heavy atom. The van der Waals surface area contributed by atoms with E-state index in [2.05, 4.69) is 51.9 Å². The Kier molecular flexibility index (Phi) is 5.96. The molecule has 0 fully saturated rings. The molecule has 2 aromatic heterocycles. The highest BCUT2D eigenvalue weighted by molar-refractivity contribution is 5.86. The second kappa shape index (κ2) is 8.58. The van der Waals surface area contributed by atoms with Gasteiger partial charge in [-0.05, 0) is 49.6 Å². The zero-order valence-electron chi connectivity index (χ0n) is 15.2. The van der Waals surface area contributed by atoms with E-state index in [0.717, 1.165) is 19.5 Å². The van der Waals surface area contributed by atoms with E-state index in [4.69, 9.17) is 4.42 Å². The SMILES string of the molecule is CCNC(=NCC(O)c1ccco1)NCCc1c[nH]c2cccc(C)c12. The number of rotatable bonds is 7. The van der Waals surface area contributed by atoms with Gasteiger partial charge in [0.15, 0.2) is 5.96 Å². The van der Waals surface area contributed by atoms with Gasteiger partial charge < -0.3 is 25.1 Å². The minimum atomic E-state index is -0.739. The Labute approximate surface area is 153 Å². The molecule has 0 saturated carbocycles. The fraction of sp³-hybridized carbons (Fsp3) is 0.350. The number of benzene rings is 1. The number of hydrogen-bond acceptors (Lipinski definition) is 3. The van der Waals surface area contributed by atoms with Crippen LogP contribution in [0.15, 0.2) is 52.2 Å². The molecule has 6 nitrogen and oxygen atoms in total. The maximum Gasteiger partial charge on any atom is 0.191 e. The highest BCUT2D eigenvalue weighted by Gasteiger charge is 2.10. The van der Waals surface area contributed by atoms with Crippen molar-refractivity contribution >= 4 is 16.9 Å². The van der Waals surface area contributed by atoms with Crippen LogP contribution in [0.2, 0.25) is 0 Å². The van der Waals surface area contributed by atoms with Gasteiger partial charge >= 0.3 is 0 Å². The summed E-state index contributed by atoms with van der Waals surface area (Å²) in [7, 11) is 0. The third-order valence-electron chi connectivity index (χ3n) is 4.32. The number of aromatic nitrogens is 1. The van der Waals surface area contributed by atoms with Gasteiger partial charge in [-0.3, -0.25) is 4.99 Å². The van der Waals surface area contributed by atoms with Gasteiger partial charge in [-0.1, -0.05) is 12.1 Å². The van der Waals surface area contributed by atoms with E-state index in [1.165, 1.54) is 22.0 Å². The van der Waals surface area contributed by atoms with Crippen LogP contribution in [0.1, 0.15) is 29.9 Å². The summed E-state index contributed by atoms with van der Waals surface area (Å²) in [5.41, 5.74) is 3.74. The van der Waals surface area contributed by atoms with E-state index < -0.39 is 6.10 Å². The molecule has 2 heterocycles. The topological polar surface area (TPSA) is 85.6 Å². The number of aliphatic imine (C=N–C) groups is 1. The smallest absolute Gasteiger partial charge is 0.191 e. The van der Waals surface area contributed by atoms with Crippen LogP contribution in [-0.2, 0) is 6.42 Å². The number of nitrogens with zero attached hydrogens (tertiary/aromatic N) is 1. The maximum atomic E-state index is 10.1. The first-order valence-corrected chi connectivity index (χ1v) is 8.98. The van der Waals surface area contributed by atoms with Gasteiger partial charge in [0, 0.05) is 30.2 Å². The Balaban J connectivity index is 1.59. The number of guanidine groups is 1. The third-order valence-corrected chi connectivity index (χ3v) is 4.32. The van der Waals surface area contributed by atoms with Crippen molar-refractivity contribution in [1.29, 1.82) is 0 Å². The van der Waals surface area contributed by atoms with Crippen LogP contribution in [0.5, 0.6) is 0 Å². The van der Waals surface area contributed by atoms with Gasteiger partial charge in [-0.25, -0.2) is 0 Å². The average Bonchev–Trinajstić information content (AvgIpc) is 3.30. The molecule has 1 unspecified atom stereocenters. The molecular weight excluding hydrogens is 328 g/mol. The molecule has 0 saturated heterocycles. The summed E-state index contributed by atoms with van der Waals surface area (Å²) < 4.78 is 5.21. The summed E-state index contributed by atoms with van der Waals surface area (Å²) in [6.07, 6.45) is 3.77. The molecule has 4 N–H and O–H groups in total. The Bertz CT molecular complexity index is 852. The summed E-state index contributed by atoms with van der Waals surface area (Å²) in [5, 5.41) is 17.9. The van der Waals surface area contributed by atoms with Gasteiger partial charge in [0.1, 0.15) is 11.9 Å². The van der Waals surface area contributed by atoms with Crippen LogP contribution in [0.3, 0.4) is 0 Å². The average molecular weight is 354 g/mol. The van der Waals surface area contributed by atoms with Crippen molar-refractivity contribution in [3.8, 4) is 0 Å². The molecule has 0 amide bonds. The van der Waals surface area contributed by atoms with Crippen LogP contribution in [0, 0.1) is 6.92 Å². The monoisotopic (exact) mass is 354 g/mol. The van der Waals surface area contributed by atoms with Crippen LogP contribution < -0.4 is 10.6 Å². The number of aliphatic hydroxyl groups excluding tert-OH is 1. The van der Waals surface area contributed by atoms with Crippen LogP contribution >= 0.6 is 0 Å². The van der Waals surface area contributed by atoms with E-state index in [0.29, 0.717) is 11.7 Å². The fourth-order valence-electron chi connectivity index (χ4n) is 3.05. The molecule has 0 aliphatic heterocycles. The minimum Gasteiger partial charge on any atom is -0.467 e. The van der Waals surface area contributed by atoms with Crippen molar-refractivity contribution in [3.05, 3.63) is 59.7 Å². The predicted molar refractivity (Wildman–Crippen MR) is 104 cm³/mol. The van der Waals surface area contributed by atoms with E-state index in [-0.39, 0.29) is 6.54 Å². The van der Waals surface area contributed by atoms with E-state index in [9.17, 15) is 5.11 Å². The van der Waals surface area contributed by atoms with Crippen LogP contribution in [-0.4, -0.2) is 35.7 Å². The van der Waals surface area contributed by atoms with Crippen molar-refractivity contribution < 1.29 is 9.52 Å². The molecule has 3 rings (SSSR count). The molecule has 0 bridgehead atoms. The first-order valence-electron chi connectivity index (χ1n) is 8.98. The Hall–Kier alpha value is -2.73.